The van der Waals surface area contributed by atoms with Crippen LogP contribution in [0.5, 0.6) is 0 Å². The average molecular weight is 452 g/mol. The number of rotatable bonds is 8. The second-order valence-corrected chi connectivity index (χ2v) is 9.09. The van der Waals surface area contributed by atoms with E-state index in [0.717, 1.165) is 11.8 Å². The van der Waals surface area contributed by atoms with Gasteiger partial charge in [0, 0.05) is 12.1 Å². The van der Waals surface area contributed by atoms with Crippen LogP contribution in [-0.2, 0) is 16.4 Å². The Morgan fingerprint density at radius 1 is 0.781 bits per heavy atom. The van der Waals surface area contributed by atoms with Crippen molar-refractivity contribution in [3.8, 4) is 0 Å². The number of benzene rings is 3. The van der Waals surface area contributed by atoms with E-state index in [4.69, 9.17) is 0 Å². The first-order valence-electron chi connectivity index (χ1n) is 10.0. The van der Waals surface area contributed by atoms with Gasteiger partial charge in [-0.1, -0.05) is 48.5 Å². The van der Waals surface area contributed by atoms with Crippen LogP contribution in [0.3, 0.4) is 0 Å². The molecular formula is C24H25N3O4S. The third-order valence-electron chi connectivity index (χ3n) is 4.84. The molecule has 3 aromatic rings. The molecule has 2 amide bonds. The zero-order chi connectivity index (χ0) is 23.1. The van der Waals surface area contributed by atoms with Gasteiger partial charge in [0.05, 0.1) is 23.2 Å². The molecule has 3 N–H and O–H groups in total. The van der Waals surface area contributed by atoms with Gasteiger partial charge in [0.25, 0.3) is 11.8 Å². The van der Waals surface area contributed by atoms with E-state index in [-0.39, 0.29) is 5.91 Å². The number of para-hydroxylation sites is 1. The molecule has 0 spiro atoms. The molecule has 3 rings (SSSR count). The van der Waals surface area contributed by atoms with Gasteiger partial charge in [0.2, 0.25) is 10.0 Å². The van der Waals surface area contributed by atoms with E-state index in [0.29, 0.717) is 41.0 Å². The molecule has 7 nitrogen and oxygen atoms in total. The summed E-state index contributed by atoms with van der Waals surface area (Å²) in [6, 6.07) is 21.4. The number of anilines is 2. The lowest BCUT2D eigenvalue weighted by atomic mass is 10.1. The second-order valence-electron chi connectivity index (χ2n) is 7.34. The van der Waals surface area contributed by atoms with E-state index in [9.17, 15) is 18.0 Å². The number of carbonyl (C=O) groups is 2. The van der Waals surface area contributed by atoms with Gasteiger partial charge in [-0.3, -0.25) is 14.3 Å². The fraction of sp³-hybridized carbons (Fsp3) is 0.167. The first-order chi connectivity index (χ1) is 15.2. The van der Waals surface area contributed by atoms with E-state index in [1.165, 1.54) is 0 Å². The molecule has 0 unspecified atom stereocenters. The van der Waals surface area contributed by atoms with Crippen LogP contribution in [0.1, 0.15) is 31.8 Å². The van der Waals surface area contributed by atoms with Crippen molar-refractivity contribution in [3.05, 3.63) is 95.1 Å². The van der Waals surface area contributed by atoms with Crippen LogP contribution in [0.15, 0.2) is 72.8 Å². The average Bonchev–Trinajstić information content (AvgIpc) is 2.75. The molecule has 0 saturated heterocycles. The van der Waals surface area contributed by atoms with Crippen LogP contribution < -0.4 is 15.4 Å². The SMILES string of the molecule is Cc1c(NS(C)(=O)=O)cccc1C(=O)Nc1ccccc1C(=O)NCCc1ccccc1. The molecule has 0 aliphatic rings. The third-order valence-corrected chi connectivity index (χ3v) is 5.43. The number of carbonyl (C=O) groups excluding carboxylic acids is 2. The van der Waals surface area contributed by atoms with Crippen molar-refractivity contribution in [2.24, 2.45) is 0 Å². The van der Waals surface area contributed by atoms with Gasteiger partial charge >= 0.3 is 0 Å². The minimum atomic E-state index is -3.48. The van der Waals surface area contributed by atoms with E-state index in [1.54, 1.807) is 49.4 Å². The number of hydrogen-bond acceptors (Lipinski definition) is 4. The third kappa shape index (κ3) is 6.18. The smallest absolute Gasteiger partial charge is 0.256 e. The molecule has 3 aromatic carbocycles. The van der Waals surface area contributed by atoms with Gasteiger partial charge < -0.3 is 10.6 Å². The van der Waals surface area contributed by atoms with Gasteiger partial charge in [-0.25, -0.2) is 8.42 Å². The molecule has 0 heterocycles. The van der Waals surface area contributed by atoms with E-state index in [1.807, 2.05) is 30.3 Å². The van der Waals surface area contributed by atoms with E-state index in [2.05, 4.69) is 15.4 Å². The topological polar surface area (TPSA) is 104 Å². The molecular weight excluding hydrogens is 426 g/mol. The van der Waals surface area contributed by atoms with Crippen LogP contribution in [0.4, 0.5) is 11.4 Å². The predicted octanol–water partition coefficient (Wildman–Crippen LogP) is 3.59. The molecule has 0 saturated carbocycles. The Hall–Kier alpha value is -3.65. The zero-order valence-electron chi connectivity index (χ0n) is 17.9. The summed E-state index contributed by atoms with van der Waals surface area (Å²) in [5, 5.41) is 5.65. The van der Waals surface area contributed by atoms with Crippen molar-refractivity contribution < 1.29 is 18.0 Å². The zero-order valence-corrected chi connectivity index (χ0v) is 18.7. The van der Waals surface area contributed by atoms with Gasteiger partial charge in [-0.05, 0) is 48.7 Å². The van der Waals surface area contributed by atoms with Crippen molar-refractivity contribution in [2.75, 3.05) is 22.8 Å². The Labute approximate surface area is 187 Å². The lowest BCUT2D eigenvalue weighted by molar-refractivity contribution is 0.0955. The Balaban J connectivity index is 1.72. The minimum Gasteiger partial charge on any atom is -0.352 e. The predicted molar refractivity (Wildman–Crippen MR) is 127 cm³/mol. The van der Waals surface area contributed by atoms with Gasteiger partial charge in [0.15, 0.2) is 0 Å². The largest absolute Gasteiger partial charge is 0.352 e. The standard InChI is InChI=1S/C24H25N3O4S/c1-17-19(12-8-14-21(17)27-32(2,30)31)24(29)26-22-13-7-6-11-20(22)23(28)25-16-15-18-9-4-3-5-10-18/h3-14,27H,15-16H2,1-2H3,(H,25,28)(H,26,29). The molecule has 0 atom stereocenters. The van der Waals surface area contributed by atoms with Gasteiger partial charge in [-0.15, -0.1) is 0 Å². The Kier molecular flexibility index (Phi) is 7.27. The maximum absolute atomic E-state index is 12.9. The first kappa shape index (κ1) is 23.0. The maximum Gasteiger partial charge on any atom is 0.256 e. The summed E-state index contributed by atoms with van der Waals surface area (Å²) in [4.78, 5) is 25.6. The molecule has 0 aliphatic heterocycles. The lowest BCUT2D eigenvalue weighted by Gasteiger charge is -2.14. The van der Waals surface area contributed by atoms with E-state index >= 15 is 0 Å². The van der Waals surface area contributed by atoms with Crippen molar-refractivity contribution in [1.82, 2.24) is 5.32 Å². The highest BCUT2D eigenvalue weighted by molar-refractivity contribution is 7.92. The number of hydrogen-bond donors (Lipinski definition) is 3. The van der Waals surface area contributed by atoms with Crippen LogP contribution >= 0.6 is 0 Å². The summed E-state index contributed by atoms with van der Waals surface area (Å²) in [5.74, 6) is -0.731. The number of amides is 2. The molecule has 0 aromatic heterocycles. The molecule has 166 valence electrons. The normalized spacial score (nSPS) is 10.9. The highest BCUT2D eigenvalue weighted by Crippen LogP contribution is 2.22. The van der Waals surface area contributed by atoms with Crippen molar-refractivity contribution in [3.63, 3.8) is 0 Å². The monoisotopic (exact) mass is 451 g/mol. The minimum absolute atomic E-state index is 0.291. The van der Waals surface area contributed by atoms with Crippen molar-refractivity contribution in [1.29, 1.82) is 0 Å². The second kappa shape index (κ2) is 10.1. The summed E-state index contributed by atoms with van der Waals surface area (Å²) >= 11 is 0. The summed E-state index contributed by atoms with van der Waals surface area (Å²) in [6.07, 6.45) is 1.74. The first-order valence-corrected chi connectivity index (χ1v) is 11.9. The Morgan fingerprint density at radius 2 is 1.41 bits per heavy atom. The highest BCUT2D eigenvalue weighted by Gasteiger charge is 2.17. The fourth-order valence-electron chi connectivity index (χ4n) is 3.23. The summed E-state index contributed by atoms with van der Waals surface area (Å²) in [6.45, 7) is 2.12. The van der Waals surface area contributed by atoms with Crippen molar-refractivity contribution in [2.45, 2.75) is 13.3 Å². The van der Waals surface area contributed by atoms with Crippen LogP contribution in [-0.4, -0.2) is 33.0 Å². The van der Waals surface area contributed by atoms with E-state index < -0.39 is 15.9 Å². The summed E-state index contributed by atoms with van der Waals surface area (Å²) in [7, 11) is -3.48. The number of nitrogens with one attached hydrogen (secondary N) is 3. The Bertz CT molecular complexity index is 1230. The quantitative estimate of drug-likeness (QED) is 0.487. The van der Waals surface area contributed by atoms with Crippen LogP contribution in [0.25, 0.3) is 0 Å². The van der Waals surface area contributed by atoms with Gasteiger partial charge in [-0.2, -0.15) is 0 Å². The lowest BCUT2D eigenvalue weighted by Crippen LogP contribution is -2.27. The fourth-order valence-corrected chi connectivity index (χ4v) is 3.85. The Morgan fingerprint density at radius 3 is 2.12 bits per heavy atom. The number of sulfonamides is 1. The maximum atomic E-state index is 12.9. The van der Waals surface area contributed by atoms with Crippen LogP contribution in [0, 0.1) is 6.92 Å². The molecule has 0 bridgehead atoms. The molecule has 0 radical (unpaired) electrons. The highest BCUT2D eigenvalue weighted by atomic mass is 32.2. The summed E-state index contributed by atoms with van der Waals surface area (Å²) < 4.78 is 25.5. The molecule has 8 heteroatoms. The molecule has 0 fully saturated rings. The van der Waals surface area contributed by atoms with Gasteiger partial charge in [0.1, 0.15) is 0 Å². The molecule has 32 heavy (non-hydrogen) atoms. The molecule has 0 aliphatic carbocycles. The van der Waals surface area contributed by atoms with Crippen molar-refractivity contribution >= 4 is 33.2 Å². The van der Waals surface area contributed by atoms with Crippen LogP contribution in [0.2, 0.25) is 0 Å². The summed E-state index contributed by atoms with van der Waals surface area (Å²) in [5.41, 5.74) is 2.95.